The first-order valence-corrected chi connectivity index (χ1v) is 9.02. The van der Waals surface area contributed by atoms with Crippen molar-refractivity contribution in [1.82, 2.24) is 0 Å². The Morgan fingerprint density at radius 1 is 0.960 bits per heavy atom. The molecule has 0 amide bonds. The summed E-state index contributed by atoms with van der Waals surface area (Å²) in [5.74, 6) is 0.678. The molecule has 0 heterocycles. The number of carbonyl (C=O) groups excluding carboxylic acids is 1. The number of ether oxygens (including phenoxy) is 1. The molecular formula is C22H26O3. The van der Waals surface area contributed by atoms with Crippen molar-refractivity contribution < 1.29 is 14.6 Å². The molecule has 0 radical (unpaired) electrons. The molecule has 0 spiro atoms. The van der Waals surface area contributed by atoms with Gasteiger partial charge >= 0.3 is 5.97 Å². The zero-order valence-electron chi connectivity index (χ0n) is 15.3. The van der Waals surface area contributed by atoms with Gasteiger partial charge in [-0.05, 0) is 61.1 Å². The fourth-order valence-corrected chi connectivity index (χ4v) is 4.07. The van der Waals surface area contributed by atoms with E-state index in [1.54, 1.807) is 6.07 Å². The van der Waals surface area contributed by atoms with Gasteiger partial charge < -0.3 is 9.84 Å². The average molecular weight is 338 g/mol. The van der Waals surface area contributed by atoms with Gasteiger partial charge in [-0.2, -0.15) is 0 Å². The number of carbonyl (C=O) groups is 1. The van der Waals surface area contributed by atoms with Gasteiger partial charge in [0.1, 0.15) is 11.5 Å². The molecule has 0 aromatic heterocycles. The standard InChI is InChI=1S/C22H26O3/c1-15-13-18(7-9-20(15)24)22(11-5-4-6-12-22)19-8-10-21(16(2)14-19)25-17(3)23/h7-10,13-14,24H,4-6,11-12H2,1-3H3. The Balaban J connectivity index is 2.08. The van der Waals surface area contributed by atoms with Gasteiger partial charge in [0, 0.05) is 12.3 Å². The van der Waals surface area contributed by atoms with Crippen molar-refractivity contribution in [2.24, 2.45) is 0 Å². The zero-order valence-corrected chi connectivity index (χ0v) is 15.3. The topological polar surface area (TPSA) is 46.5 Å². The number of aromatic hydroxyl groups is 1. The van der Waals surface area contributed by atoms with E-state index in [9.17, 15) is 9.90 Å². The number of esters is 1. The van der Waals surface area contributed by atoms with E-state index in [1.165, 1.54) is 37.3 Å². The lowest BCUT2D eigenvalue weighted by Gasteiger charge is -2.39. The summed E-state index contributed by atoms with van der Waals surface area (Å²) in [5, 5.41) is 9.91. The maximum Gasteiger partial charge on any atom is 0.308 e. The average Bonchev–Trinajstić information content (AvgIpc) is 2.59. The lowest BCUT2D eigenvalue weighted by atomic mass is 9.65. The van der Waals surface area contributed by atoms with Gasteiger partial charge in [0.2, 0.25) is 0 Å². The fourth-order valence-electron chi connectivity index (χ4n) is 4.07. The monoisotopic (exact) mass is 338 g/mol. The second kappa shape index (κ2) is 6.91. The van der Waals surface area contributed by atoms with Crippen molar-refractivity contribution in [3.63, 3.8) is 0 Å². The van der Waals surface area contributed by atoms with Crippen LogP contribution in [0.3, 0.4) is 0 Å². The Bertz CT molecular complexity index is 786. The number of phenolic OH excluding ortho intramolecular Hbond substituents is 1. The molecule has 1 aliphatic rings. The molecule has 0 bridgehead atoms. The largest absolute Gasteiger partial charge is 0.508 e. The number of hydrogen-bond acceptors (Lipinski definition) is 3. The summed E-state index contributed by atoms with van der Waals surface area (Å²) in [4.78, 5) is 11.3. The van der Waals surface area contributed by atoms with Crippen molar-refractivity contribution in [2.45, 2.75) is 58.3 Å². The lowest BCUT2D eigenvalue weighted by molar-refractivity contribution is -0.131. The van der Waals surface area contributed by atoms with E-state index in [2.05, 4.69) is 24.3 Å². The van der Waals surface area contributed by atoms with E-state index in [-0.39, 0.29) is 11.4 Å². The van der Waals surface area contributed by atoms with Gasteiger partial charge in [0.25, 0.3) is 0 Å². The summed E-state index contributed by atoms with van der Waals surface area (Å²) < 4.78 is 5.29. The fraction of sp³-hybridized carbons (Fsp3) is 0.409. The quantitative estimate of drug-likeness (QED) is 0.619. The minimum Gasteiger partial charge on any atom is -0.508 e. The van der Waals surface area contributed by atoms with Gasteiger partial charge in [0.15, 0.2) is 0 Å². The predicted octanol–water partition coefficient (Wildman–Crippen LogP) is 5.18. The van der Waals surface area contributed by atoms with E-state index >= 15 is 0 Å². The highest BCUT2D eigenvalue weighted by molar-refractivity contribution is 5.70. The SMILES string of the molecule is CC(=O)Oc1ccc(C2(c3ccc(O)c(C)c3)CCCCC2)cc1C. The Morgan fingerprint density at radius 2 is 1.56 bits per heavy atom. The third kappa shape index (κ3) is 3.41. The number of benzene rings is 2. The van der Waals surface area contributed by atoms with Crippen molar-refractivity contribution in [2.75, 3.05) is 0 Å². The van der Waals surface area contributed by atoms with Crippen LogP contribution in [0.5, 0.6) is 11.5 Å². The molecule has 3 rings (SSSR count). The maximum absolute atomic E-state index is 11.3. The highest BCUT2D eigenvalue weighted by Gasteiger charge is 2.36. The first-order chi connectivity index (χ1) is 11.9. The molecule has 1 aliphatic carbocycles. The van der Waals surface area contributed by atoms with Crippen LogP contribution in [-0.2, 0) is 10.2 Å². The summed E-state index contributed by atoms with van der Waals surface area (Å²) >= 11 is 0. The molecule has 2 aromatic rings. The van der Waals surface area contributed by atoms with Crippen LogP contribution >= 0.6 is 0 Å². The third-order valence-electron chi connectivity index (χ3n) is 5.44. The van der Waals surface area contributed by atoms with Gasteiger partial charge in [0.05, 0.1) is 0 Å². The number of hydrogen-bond donors (Lipinski definition) is 1. The van der Waals surface area contributed by atoms with Crippen LogP contribution in [0.1, 0.15) is 61.3 Å². The summed E-state index contributed by atoms with van der Waals surface area (Å²) in [7, 11) is 0. The summed E-state index contributed by atoms with van der Waals surface area (Å²) in [6.07, 6.45) is 5.87. The van der Waals surface area contributed by atoms with Crippen LogP contribution in [0.15, 0.2) is 36.4 Å². The molecule has 0 saturated heterocycles. The highest BCUT2D eigenvalue weighted by Crippen LogP contribution is 2.46. The van der Waals surface area contributed by atoms with Crippen LogP contribution in [-0.4, -0.2) is 11.1 Å². The summed E-state index contributed by atoms with van der Waals surface area (Å²) in [5.41, 5.74) is 4.40. The summed E-state index contributed by atoms with van der Waals surface area (Å²) in [6, 6.07) is 12.2. The molecule has 1 fully saturated rings. The van der Waals surface area contributed by atoms with Crippen molar-refractivity contribution in [3.05, 3.63) is 58.7 Å². The van der Waals surface area contributed by atoms with Crippen LogP contribution in [0.25, 0.3) is 0 Å². The molecule has 2 aromatic carbocycles. The smallest absolute Gasteiger partial charge is 0.308 e. The molecular weight excluding hydrogens is 312 g/mol. The van der Waals surface area contributed by atoms with Gasteiger partial charge in [-0.15, -0.1) is 0 Å². The maximum atomic E-state index is 11.3. The molecule has 1 saturated carbocycles. The van der Waals surface area contributed by atoms with Crippen LogP contribution in [0, 0.1) is 13.8 Å². The minimum atomic E-state index is -0.294. The molecule has 3 nitrogen and oxygen atoms in total. The first-order valence-electron chi connectivity index (χ1n) is 9.02. The molecule has 1 N–H and O–H groups in total. The zero-order chi connectivity index (χ0) is 18.0. The van der Waals surface area contributed by atoms with Gasteiger partial charge in [-0.25, -0.2) is 0 Å². The van der Waals surface area contributed by atoms with E-state index in [4.69, 9.17) is 4.74 Å². The second-order valence-corrected chi connectivity index (χ2v) is 7.22. The van der Waals surface area contributed by atoms with Gasteiger partial charge in [-0.3, -0.25) is 4.79 Å². The highest BCUT2D eigenvalue weighted by atomic mass is 16.5. The molecule has 0 aliphatic heterocycles. The number of rotatable bonds is 3. The van der Waals surface area contributed by atoms with Crippen molar-refractivity contribution in [1.29, 1.82) is 0 Å². The van der Waals surface area contributed by atoms with E-state index in [0.717, 1.165) is 24.0 Å². The van der Waals surface area contributed by atoms with Crippen LogP contribution in [0.2, 0.25) is 0 Å². The normalized spacial score (nSPS) is 16.4. The number of aryl methyl sites for hydroxylation is 2. The Morgan fingerprint density at radius 3 is 2.12 bits per heavy atom. The predicted molar refractivity (Wildman–Crippen MR) is 99.2 cm³/mol. The Kier molecular flexibility index (Phi) is 4.85. The third-order valence-corrected chi connectivity index (χ3v) is 5.44. The number of phenols is 1. The van der Waals surface area contributed by atoms with Crippen molar-refractivity contribution in [3.8, 4) is 11.5 Å². The van der Waals surface area contributed by atoms with Crippen LogP contribution in [0.4, 0.5) is 0 Å². The van der Waals surface area contributed by atoms with Gasteiger partial charge in [-0.1, -0.05) is 43.5 Å². The van der Waals surface area contributed by atoms with Crippen LogP contribution < -0.4 is 4.74 Å². The summed E-state index contributed by atoms with van der Waals surface area (Å²) in [6.45, 7) is 5.36. The second-order valence-electron chi connectivity index (χ2n) is 7.22. The minimum absolute atomic E-state index is 0.0315. The van der Waals surface area contributed by atoms with Crippen molar-refractivity contribution >= 4 is 5.97 Å². The van der Waals surface area contributed by atoms with E-state index < -0.39 is 0 Å². The molecule has 0 unspecified atom stereocenters. The molecule has 3 heteroatoms. The molecule has 25 heavy (non-hydrogen) atoms. The molecule has 132 valence electrons. The lowest BCUT2D eigenvalue weighted by Crippen LogP contribution is -2.30. The van der Waals surface area contributed by atoms with E-state index in [0.29, 0.717) is 11.5 Å². The Hall–Kier alpha value is -2.29. The molecule has 0 atom stereocenters. The first kappa shape index (κ1) is 17.5. The van der Waals surface area contributed by atoms with E-state index in [1.807, 2.05) is 19.9 Å². The Labute approximate surface area is 149 Å².